The topological polar surface area (TPSA) is 39.7 Å². The second-order valence-electron chi connectivity index (χ2n) is 5.54. The van der Waals surface area contributed by atoms with Gasteiger partial charge >= 0.3 is 0 Å². The van der Waals surface area contributed by atoms with Gasteiger partial charge in [-0.2, -0.15) is 0 Å². The zero-order chi connectivity index (χ0) is 14.9. The Morgan fingerprint density at radius 1 is 1.05 bits per heavy atom. The summed E-state index contributed by atoms with van der Waals surface area (Å²) in [5.41, 5.74) is 1.23. The minimum absolute atomic E-state index is 0.534. The summed E-state index contributed by atoms with van der Waals surface area (Å²) in [6.45, 7) is 2.00. The van der Waals surface area contributed by atoms with E-state index in [9.17, 15) is 0 Å². The van der Waals surface area contributed by atoms with Crippen molar-refractivity contribution in [3.8, 4) is 11.5 Å². The second-order valence-corrected chi connectivity index (χ2v) is 5.54. The maximum atomic E-state index is 5.65. The van der Waals surface area contributed by atoms with Crippen LogP contribution in [0.5, 0.6) is 11.5 Å². The highest BCUT2D eigenvalue weighted by atomic mass is 16.5. The SMILES string of the molecule is COCCOc1ccc(CNC2CCCCC2)cc1OC. The third-order valence-corrected chi connectivity index (χ3v) is 3.97. The Bertz CT molecular complexity index is 416. The van der Waals surface area contributed by atoms with Crippen molar-refractivity contribution in [1.29, 1.82) is 0 Å². The Hall–Kier alpha value is -1.26. The Balaban J connectivity index is 1.88. The number of rotatable bonds is 8. The first kappa shape index (κ1) is 16.1. The maximum Gasteiger partial charge on any atom is 0.161 e. The standard InChI is InChI=1S/C17H27NO3/c1-19-10-11-21-16-9-8-14(12-17(16)20-2)13-18-15-6-4-3-5-7-15/h8-9,12,15,18H,3-7,10-11,13H2,1-2H3. The van der Waals surface area contributed by atoms with E-state index in [2.05, 4.69) is 17.4 Å². The number of nitrogens with one attached hydrogen (secondary N) is 1. The zero-order valence-electron chi connectivity index (χ0n) is 13.2. The van der Waals surface area contributed by atoms with Crippen LogP contribution in [0, 0.1) is 0 Å². The Labute approximate surface area is 127 Å². The summed E-state index contributed by atoms with van der Waals surface area (Å²) in [7, 11) is 3.34. The van der Waals surface area contributed by atoms with E-state index in [4.69, 9.17) is 14.2 Å². The van der Waals surface area contributed by atoms with E-state index in [1.54, 1.807) is 14.2 Å². The first-order valence-corrected chi connectivity index (χ1v) is 7.85. The molecule has 1 saturated carbocycles. The molecule has 1 N–H and O–H groups in total. The summed E-state index contributed by atoms with van der Waals surface area (Å²) in [6, 6.07) is 6.80. The molecular weight excluding hydrogens is 266 g/mol. The lowest BCUT2D eigenvalue weighted by molar-refractivity contribution is 0.144. The van der Waals surface area contributed by atoms with Crippen LogP contribution in [0.1, 0.15) is 37.7 Å². The Kier molecular flexibility index (Phi) is 6.83. The van der Waals surface area contributed by atoms with Gasteiger partial charge in [-0.15, -0.1) is 0 Å². The molecule has 0 spiro atoms. The van der Waals surface area contributed by atoms with Crippen molar-refractivity contribution in [3.05, 3.63) is 23.8 Å². The summed E-state index contributed by atoms with van der Waals surface area (Å²) in [6.07, 6.45) is 6.70. The summed E-state index contributed by atoms with van der Waals surface area (Å²) in [4.78, 5) is 0. The van der Waals surface area contributed by atoms with E-state index in [0.29, 0.717) is 19.3 Å². The lowest BCUT2D eigenvalue weighted by Crippen LogP contribution is -2.30. The highest BCUT2D eigenvalue weighted by molar-refractivity contribution is 5.42. The predicted molar refractivity (Wildman–Crippen MR) is 84.1 cm³/mol. The average Bonchev–Trinajstić information content (AvgIpc) is 2.55. The van der Waals surface area contributed by atoms with Crippen molar-refractivity contribution in [2.45, 2.75) is 44.7 Å². The molecule has 21 heavy (non-hydrogen) atoms. The number of benzene rings is 1. The van der Waals surface area contributed by atoms with Gasteiger partial charge in [-0.05, 0) is 30.5 Å². The molecule has 0 saturated heterocycles. The molecule has 0 aliphatic heterocycles. The van der Waals surface area contributed by atoms with Gasteiger partial charge in [0.2, 0.25) is 0 Å². The van der Waals surface area contributed by atoms with Gasteiger partial charge in [-0.1, -0.05) is 25.3 Å². The Morgan fingerprint density at radius 3 is 2.57 bits per heavy atom. The molecule has 4 nitrogen and oxygen atoms in total. The van der Waals surface area contributed by atoms with E-state index in [1.807, 2.05) is 6.07 Å². The maximum absolute atomic E-state index is 5.65. The minimum Gasteiger partial charge on any atom is -0.493 e. The van der Waals surface area contributed by atoms with Gasteiger partial charge in [0, 0.05) is 19.7 Å². The van der Waals surface area contributed by atoms with E-state index in [-0.39, 0.29) is 0 Å². The molecule has 1 aliphatic carbocycles. The molecule has 0 radical (unpaired) electrons. The summed E-state index contributed by atoms with van der Waals surface area (Å²) in [5.74, 6) is 1.56. The largest absolute Gasteiger partial charge is 0.493 e. The number of hydrogen-bond acceptors (Lipinski definition) is 4. The fourth-order valence-electron chi connectivity index (χ4n) is 2.75. The molecule has 0 heterocycles. The van der Waals surface area contributed by atoms with Crippen LogP contribution in [0.4, 0.5) is 0 Å². The van der Waals surface area contributed by atoms with E-state index < -0.39 is 0 Å². The van der Waals surface area contributed by atoms with Gasteiger partial charge in [0.1, 0.15) is 6.61 Å². The predicted octanol–water partition coefficient (Wildman–Crippen LogP) is 3.14. The molecular formula is C17H27NO3. The number of methoxy groups -OCH3 is 2. The molecule has 0 bridgehead atoms. The lowest BCUT2D eigenvalue weighted by atomic mass is 9.95. The summed E-state index contributed by atoms with van der Waals surface area (Å²) in [5, 5.41) is 3.64. The summed E-state index contributed by atoms with van der Waals surface area (Å²) < 4.78 is 16.1. The normalized spacial score (nSPS) is 15.9. The van der Waals surface area contributed by atoms with Crippen molar-refractivity contribution in [2.75, 3.05) is 27.4 Å². The van der Waals surface area contributed by atoms with Crippen molar-refractivity contribution in [1.82, 2.24) is 5.32 Å². The average molecular weight is 293 g/mol. The molecule has 2 rings (SSSR count). The molecule has 1 fully saturated rings. The summed E-state index contributed by atoms with van der Waals surface area (Å²) >= 11 is 0. The third-order valence-electron chi connectivity index (χ3n) is 3.97. The molecule has 0 aromatic heterocycles. The lowest BCUT2D eigenvalue weighted by Gasteiger charge is -2.23. The monoisotopic (exact) mass is 293 g/mol. The number of ether oxygens (including phenoxy) is 3. The minimum atomic E-state index is 0.534. The molecule has 0 unspecified atom stereocenters. The van der Waals surface area contributed by atoms with Gasteiger partial charge in [0.25, 0.3) is 0 Å². The van der Waals surface area contributed by atoms with Crippen molar-refractivity contribution >= 4 is 0 Å². The van der Waals surface area contributed by atoms with Crippen LogP contribution in [-0.4, -0.2) is 33.5 Å². The molecule has 118 valence electrons. The quantitative estimate of drug-likeness (QED) is 0.747. The third kappa shape index (κ3) is 5.21. The first-order chi connectivity index (χ1) is 10.3. The van der Waals surface area contributed by atoms with Gasteiger partial charge in [-0.3, -0.25) is 0 Å². The van der Waals surface area contributed by atoms with Gasteiger partial charge < -0.3 is 19.5 Å². The highest BCUT2D eigenvalue weighted by Crippen LogP contribution is 2.28. The molecule has 1 aromatic carbocycles. The second kappa shape index (κ2) is 8.90. The molecule has 1 aromatic rings. The highest BCUT2D eigenvalue weighted by Gasteiger charge is 2.13. The van der Waals surface area contributed by atoms with E-state index >= 15 is 0 Å². The van der Waals surface area contributed by atoms with Gasteiger partial charge in [0.05, 0.1) is 13.7 Å². The number of hydrogen-bond donors (Lipinski definition) is 1. The molecule has 0 amide bonds. The molecule has 1 aliphatic rings. The fraction of sp³-hybridized carbons (Fsp3) is 0.647. The molecule has 0 atom stereocenters. The van der Waals surface area contributed by atoms with E-state index in [1.165, 1.54) is 37.7 Å². The van der Waals surface area contributed by atoms with Gasteiger partial charge in [0.15, 0.2) is 11.5 Å². The van der Waals surface area contributed by atoms with Crippen LogP contribution in [0.25, 0.3) is 0 Å². The van der Waals surface area contributed by atoms with Crippen molar-refractivity contribution in [3.63, 3.8) is 0 Å². The smallest absolute Gasteiger partial charge is 0.161 e. The van der Waals surface area contributed by atoms with Crippen molar-refractivity contribution < 1.29 is 14.2 Å². The Morgan fingerprint density at radius 2 is 1.86 bits per heavy atom. The van der Waals surface area contributed by atoms with Gasteiger partial charge in [-0.25, -0.2) is 0 Å². The van der Waals surface area contributed by atoms with E-state index in [0.717, 1.165) is 18.0 Å². The first-order valence-electron chi connectivity index (χ1n) is 7.85. The van der Waals surface area contributed by atoms with Crippen molar-refractivity contribution in [2.24, 2.45) is 0 Å². The zero-order valence-corrected chi connectivity index (χ0v) is 13.2. The molecule has 4 heteroatoms. The van der Waals surface area contributed by atoms with Crippen LogP contribution < -0.4 is 14.8 Å². The van der Waals surface area contributed by atoms with Crippen LogP contribution in [0.2, 0.25) is 0 Å². The fourth-order valence-corrected chi connectivity index (χ4v) is 2.75. The van der Waals surface area contributed by atoms with Crippen LogP contribution in [0.3, 0.4) is 0 Å². The van der Waals surface area contributed by atoms with Crippen LogP contribution >= 0.6 is 0 Å². The van der Waals surface area contributed by atoms with Crippen LogP contribution in [-0.2, 0) is 11.3 Å². The van der Waals surface area contributed by atoms with Crippen LogP contribution in [0.15, 0.2) is 18.2 Å².